The molecule has 0 saturated heterocycles. The molecule has 13 heavy (non-hydrogen) atoms. The maximum Gasteiger partial charge on any atom is 0.394 e. The maximum atomic E-state index is 12.0. The van der Waals surface area contributed by atoms with Crippen molar-refractivity contribution in [3.63, 3.8) is 0 Å². The molecular formula is C7H4F3N2S. The van der Waals surface area contributed by atoms with Gasteiger partial charge in [-0.1, -0.05) is 0 Å². The van der Waals surface area contributed by atoms with Gasteiger partial charge in [0.1, 0.15) is 4.83 Å². The van der Waals surface area contributed by atoms with Crippen molar-refractivity contribution >= 4 is 21.6 Å². The van der Waals surface area contributed by atoms with Crippen LogP contribution < -0.4 is 0 Å². The van der Waals surface area contributed by atoms with Crippen LogP contribution in [0, 0.1) is 5.38 Å². The number of aromatic amines is 1. The third-order valence-corrected chi connectivity index (χ3v) is 2.32. The molecule has 1 radical (unpaired) electrons. The number of nitrogens with one attached hydrogen (secondary N) is 1. The second-order valence-corrected chi connectivity index (χ2v) is 3.40. The lowest BCUT2D eigenvalue weighted by Gasteiger charge is -2.02. The van der Waals surface area contributed by atoms with Crippen LogP contribution in [0.1, 0.15) is 5.69 Å². The van der Waals surface area contributed by atoms with Crippen LogP contribution in [-0.2, 0) is 6.42 Å². The largest absolute Gasteiger partial charge is 0.394 e. The van der Waals surface area contributed by atoms with Gasteiger partial charge < -0.3 is 0 Å². The van der Waals surface area contributed by atoms with Gasteiger partial charge in [0.25, 0.3) is 0 Å². The van der Waals surface area contributed by atoms with Crippen molar-refractivity contribution in [2.75, 3.05) is 0 Å². The van der Waals surface area contributed by atoms with E-state index in [0.717, 1.165) is 0 Å². The van der Waals surface area contributed by atoms with Crippen LogP contribution in [0.25, 0.3) is 10.2 Å². The summed E-state index contributed by atoms with van der Waals surface area (Å²) in [6, 6.07) is 1.52. The minimum atomic E-state index is -4.19. The Labute approximate surface area is 75.4 Å². The fourth-order valence-electron chi connectivity index (χ4n) is 1.07. The van der Waals surface area contributed by atoms with E-state index in [1.807, 2.05) is 0 Å². The van der Waals surface area contributed by atoms with Gasteiger partial charge in [-0.15, -0.1) is 11.3 Å². The summed E-state index contributed by atoms with van der Waals surface area (Å²) in [4.78, 5) is 0.569. The highest BCUT2D eigenvalue weighted by molar-refractivity contribution is 7.16. The summed E-state index contributed by atoms with van der Waals surface area (Å²) < 4.78 is 36.0. The molecule has 0 saturated carbocycles. The van der Waals surface area contributed by atoms with Crippen LogP contribution in [0.4, 0.5) is 13.2 Å². The molecule has 0 amide bonds. The van der Waals surface area contributed by atoms with E-state index in [1.54, 1.807) is 0 Å². The minimum absolute atomic E-state index is 0.111. The van der Waals surface area contributed by atoms with Crippen LogP contribution in [0.5, 0.6) is 0 Å². The van der Waals surface area contributed by atoms with Crippen LogP contribution in [0.3, 0.4) is 0 Å². The summed E-state index contributed by atoms with van der Waals surface area (Å²) in [5.74, 6) is 0. The fraction of sp³-hybridized carbons (Fsp3) is 0.286. The topological polar surface area (TPSA) is 28.7 Å². The molecule has 0 aliphatic carbocycles. The lowest BCUT2D eigenvalue weighted by molar-refractivity contribution is -0.127. The monoisotopic (exact) mass is 205 g/mol. The van der Waals surface area contributed by atoms with Crippen molar-refractivity contribution < 1.29 is 13.2 Å². The molecule has 0 bridgehead atoms. The molecule has 0 unspecified atom stereocenters. The third-order valence-electron chi connectivity index (χ3n) is 1.58. The first-order chi connectivity index (χ1) is 6.06. The SMILES string of the molecule is FC(F)(F)Cc1[nH]nc2s[c]cc12. The van der Waals surface area contributed by atoms with E-state index < -0.39 is 12.6 Å². The zero-order valence-electron chi connectivity index (χ0n) is 6.27. The van der Waals surface area contributed by atoms with Gasteiger partial charge in [-0.2, -0.15) is 18.3 Å². The summed E-state index contributed by atoms with van der Waals surface area (Å²) in [6.07, 6.45) is -5.16. The number of hydrogen-bond donors (Lipinski definition) is 1. The van der Waals surface area contributed by atoms with Gasteiger partial charge in [0, 0.05) is 10.8 Å². The van der Waals surface area contributed by atoms with Crippen molar-refractivity contribution in [2.24, 2.45) is 0 Å². The Bertz CT molecular complexity index is 414. The van der Waals surface area contributed by atoms with Gasteiger partial charge in [0.15, 0.2) is 0 Å². The normalized spacial score (nSPS) is 12.5. The van der Waals surface area contributed by atoms with E-state index in [1.165, 1.54) is 17.4 Å². The molecule has 69 valence electrons. The predicted octanol–water partition coefficient (Wildman–Crippen LogP) is 2.53. The van der Waals surface area contributed by atoms with Crippen LogP contribution in [-0.4, -0.2) is 16.4 Å². The van der Waals surface area contributed by atoms with Crippen molar-refractivity contribution in [1.82, 2.24) is 10.2 Å². The lowest BCUT2D eigenvalue weighted by Crippen LogP contribution is -2.11. The molecule has 2 aromatic rings. The van der Waals surface area contributed by atoms with Gasteiger partial charge >= 0.3 is 6.18 Å². The third kappa shape index (κ3) is 1.67. The highest BCUT2D eigenvalue weighted by atomic mass is 32.1. The Morgan fingerprint density at radius 3 is 3.00 bits per heavy atom. The first-order valence-electron chi connectivity index (χ1n) is 3.46. The maximum absolute atomic E-state index is 12.0. The van der Waals surface area contributed by atoms with E-state index in [4.69, 9.17) is 0 Å². The molecule has 0 aliphatic rings. The Morgan fingerprint density at radius 1 is 1.54 bits per heavy atom. The second kappa shape index (κ2) is 2.73. The smallest absolute Gasteiger partial charge is 0.280 e. The molecule has 2 rings (SSSR count). The summed E-state index contributed by atoms with van der Waals surface area (Å²) in [7, 11) is 0. The van der Waals surface area contributed by atoms with Gasteiger partial charge in [0.05, 0.1) is 12.1 Å². The van der Waals surface area contributed by atoms with E-state index in [-0.39, 0.29) is 5.69 Å². The van der Waals surface area contributed by atoms with Gasteiger partial charge in [-0.3, -0.25) is 5.10 Å². The number of alkyl halides is 3. The second-order valence-electron chi connectivity index (χ2n) is 2.58. The summed E-state index contributed by atoms with van der Waals surface area (Å²) in [5, 5.41) is 9.35. The van der Waals surface area contributed by atoms with E-state index in [2.05, 4.69) is 15.6 Å². The van der Waals surface area contributed by atoms with Crippen LogP contribution in [0.2, 0.25) is 0 Å². The highest BCUT2D eigenvalue weighted by Gasteiger charge is 2.29. The van der Waals surface area contributed by atoms with Gasteiger partial charge in [-0.25, -0.2) is 0 Å². The first-order valence-corrected chi connectivity index (χ1v) is 4.27. The molecule has 0 aliphatic heterocycles. The zero-order chi connectivity index (χ0) is 9.47. The Kier molecular flexibility index (Phi) is 1.80. The predicted molar refractivity (Wildman–Crippen MR) is 42.6 cm³/mol. The summed E-state index contributed by atoms with van der Waals surface area (Å²) in [5.41, 5.74) is 0.111. The number of H-pyrrole nitrogens is 1. The van der Waals surface area contributed by atoms with E-state index in [0.29, 0.717) is 10.2 Å². The van der Waals surface area contributed by atoms with Gasteiger partial charge in [0.2, 0.25) is 0 Å². The highest BCUT2D eigenvalue weighted by Crippen LogP contribution is 2.26. The number of rotatable bonds is 1. The average molecular weight is 205 g/mol. The van der Waals surface area contributed by atoms with E-state index >= 15 is 0 Å². The molecule has 0 atom stereocenters. The van der Waals surface area contributed by atoms with Crippen LogP contribution >= 0.6 is 11.3 Å². The molecule has 6 heteroatoms. The number of nitrogens with zero attached hydrogens (tertiary/aromatic N) is 1. The summed E-state index contributed by atoms with van der Waals surface area (Å²) in [6.45, 7) is 0. The molecule has 2 aromatic heterocycles. The molecular weight excluding hydrogens is 201 g/mol. The number of aromatic nitrogens is 2. The van der Waals surface area contributed by atoms with Crippen LogP contribution in [0.15, 0.2) is 6.07 Å². The molecule has 2 heterocycles. The quantitative estimate of drug-likeness (QED) is 0.761. The first kappa shape index (κ1) is 8.55. The van der Waals surface area contributed by atoms with Crippen molar-refractivity contribution in [3.8, 4) is 0 Å². The Morgan fingerprint density at radius 2 is 2.31 bits per heavy atom. The van der Waals surface area contributed by atoms with E-state index in [9.17, 15) is 13.2 Å². The minimum Gasteiger partial charge on any atom is -0.280 e. The zero-order valence-corrected chi connectivity index (χ0v) is 7.09. The number of halogens is 3. The number of hydrogen-bond acceptors (Lipinski definition) is 2. The van der Waals surface area contributed by atoms with Gasteiger partial charge in [-0.05, 0) is 6.07 Å². The average Bonchev–Trinajstić information content (AvgIpc) is 2.50. The number of thiophene rings is 1. The molecule has 0 aromatic carbocycles. The summed E-state index contributed by atoms with van der Waals surface area (Å²) >= 11 is 1.20. The standard InChI is InChI=1S/C7H4F3N2S/c8-7(9,10)3-5-4-1-2-13-6(4)12-11-5/h1H,3H2,(H,11,12). The Balaban J connectivity index is 2.38. The number of fused-ring (bicyclic) bond motifs is 1. The fourth-order valence-corrected chi connectivity index (χ4v) is 1.75. The molecule has 0 spiro atoms. The van der Waals surface area contributed by atoms with Crippen molar-refractivity contribution in [2.45, 2.75) is 12.6 Å². The molecule has 2 nitrogen and oxygen atoms in total. The van der Waals surface area contributed by atoms with Crippen molar-refractivity contribution in [3.05, 3.63) is 17.1 Å². The lowest BCUT2D eigenvalue weighted by atomic mass is 10.2. The van der Waals surface area contributed by atoms with Crippen molar-refractivity contribution in [1.29, 1.82) is 0 Å². The molecule has 1 N–H and O–H groups in total. The Hall–Kier alpha value is -1.04. The molecule has 0 fully saturated rings.